The Morgan fingerprint density at radius 1 is 1.32 bits per heavy atom. The van der Waals surface area contributed by atoms with Crippen LogP contribution < -0.4 is 14.8 Å². The number of aromatic nitrogens is 1. The molecule has 0 aliphatic carbocycles. The van der Waals surface area contributed by atoms with E-state index in [1.807, 2.05) is 11.0 Å². The smallest absolute Gasteiger partial charge is 0.269 e. The summed E-state index contributed by atoms with van der Waals surface area (Å²) in [4.78, 5) is 30.5. The van der Waals surface area contributed by atoms with Crippen LogP contribution in [0.2, 0.25) is 0 Å². The highest BCUT2D eigenvalue weighted by molar-refractivity contribution is 7.11. The molecule has 0 spiro atoms. The SMILES string of the molecule is COc1c(OC[C@H](O)CN2CCOCC2)ccc2c1N=C(NC(=O)c1cncs1)N1CCN=C21. The number of aliphatic imine (C=N–C) groups is 2. The van der Waals surface area contributed by atoms with Gasteiger partial charge in [-0.3, -0.25) is 29.9 Å². The molecule has 1 aromatic heterocycles. The minimum absolute atomic E-state index is 0.109. The Hall–Kier alpha value is -3.06. The van der Waals surface area contributed by atoms with E-state index in [-0.39, 0.29) is 12.5 Å². The van der Waals surface area contributed by atoms with Gasteiger partial charge in [-0.15, -0.1) is 11.3 Å². The lowest BCUT2D eigenvalue weighted by molar-refractivity contribution is 0.00446. The highest BCUT2D eigenvalue weighted by Gasteiger charge is 2.33. The zero-order chi connectivity index (χ0) is 23.5. The van der Waals surface area contributed by atoms with Gasteiger partial charge in [0.25, 0.3) is 5.91 Å². The number of carbonyl (C=O) groups is 1. The summed E-state index contributed by atoms with van der Waals surface area (Å²) in [6.45, 7) is 4.76. The van der Waals surface area contributed by atoms with E-state index in [1.165, 1.54) is 17.5 Å². The molecule has 3 aliphatic heterocycles. The van der Waals surface area contributed by atoms with Crippen molar-refractivity contribution in [2.24, 2.45) is 9.98 Å². The molecule has 4 heterocycles. The van der Waals surface area contributed by atoms with Crippen LogP contribution in [0.15, 0.2) is 33.8 Å². The number of hydrogen-bond donors (Lipinski definition) is 2. The van der Waals surface area contributed by atoms with Crippen LogP contribution in [0, 0.1) is 0 Å². The van der Waals surface area contributed by atoms with Gasteiger partial charge >= 0.3 is 0 Å². The minimum Gasteiger partial charge on any atom is -0.491 e. The number of methoxy groups -OCH3 is 1. The first-order chi connectivity index (χ1) is 16.6. The second kappa shape index (κ2) is 10.1. The largest absolute Gasteiger partial charge is 0.491 e. The molecule has 180 valence electrons. The zero-order valence-electron chi connectivity index (χ0n) is 18.8. The van der Waals surface area contributed by atoms with Crippen molar-refractivity contribution in [3.05, 3.63) is 34.3 Å². The summed E-state index contributed by atoms with van der Waals surface area (Å²) in [7, 11) is 1.54. The first kappa shape index (κ1) is 22.7. The Balaban J connectivity index is 1.37. The summed E-state index contributed by atoms with van der Waals surface area (Å²) in [5, 5.41) is 13.3. The molecular formula is C22H26N6O5S. The van der Waals surface area contributed by atoms with E-state index in [1.54, 1.807) is 18.7 Å². The van der Waals surface area contributed by atoms with Gasteiger partial charge in [0, 0.05) is 31.7 Å². The first-order valence-corrected chi connectivity index (χ1v) is 11.9. The number of hydrogen-bond acceptors (Lipinski definition) is 11. The number of amides is 1. The van der Waals surface area contributed by atoms with Crippen molar-refractivity contribution >= 4 is 34.7 Å². The predicted octanol–water partition coefficient (Wildman–Crippen LogP) is 0.717. The predicted molar refractivity (Wildman–Crippen MR) is 127 cm³/mol. The summed E-state index contributed by atoms with van der Waals surface area (Å²) in [5.41, 5.74) is 2.93. The number of β-amino-alcohol motifs (C(OH)–C–C–N with tert-alkyl or cyclic N) is 1. The van der Waals surface area contributed by atoms with Crippen LogP contribution in [0.3, 0.4) is 0 Å². The lowest BCUT2D eigenvalue weighted by Crippen LogP contribution is -2.47. The number of nitrogens with zero attached hydrogens (tertiary/aromatic N) is 5. The molecule has 1 atom stereocenters. The summed E-state index contributed by atoms with van der Waals surface area (Å²) in [6, 6.07) is 3.68. The third kappa shape index (κ3) is 4.62. The van der Waals surface area contributed by atoms with Crippen LogP contribution in [0.1, 0.15) is 15.2 Å². The van der Waals surface area contributed by atoms with Gasteiger partial charge in [0.1, 0.15) is 29.1 Å². The number of fused-ring (bicyclic) bond motifs is 3. The first-order valence-electron chi connectivity index (χ1n) is 11.1. The number of morpholine rings is 1. The monoisotopic (exact) mass is 486 g/mol. The molecule has 2 N–H and O–H groups in total. The van der Waals surface area contributed by atoms with Crippen LogP contribution in [0.4, 0.5) is 5.69 Å². The summed E-state index contributed by atoms with van der Waals surface area (Å²) in [5.74, 6) is 1.71. The fourth-order valence-corrected chi connectivity index (χ4v) is 4.63. The molecule has 1 fully saturated rings. The van der Waals surface area contributed by atoms with E-state index in [9.17, 15) is 9.90 Å². The minimum atomic E-state index is -0.661. The number of ether oxygens (including phenoxy) is 3. The number of aliphatic hydroxyl groups excluding tert-OH is 1. The maximum absolute atomic E-state index is 12.7. The third-order valence-corrected chi connectivity index (χ3v) is 6.51. The Morgan fingerprint density at radius 2 is 2.18 bits per heavy atom. The number of aliphatic hydroxyl groups is 1. The average molecular weight is 487 g/mol. The molecule has 34 heavy (non-hydrogen) atoms. The topological polar surface area (TPSA) is 121 Å². The van der Waals surface area contributed by atoms with Crippen LogP contribution in [0.25, 0.3) is 0 Å². The standard InChI is InChI=1S/C22H26N6O5S/c1-31-19-16(33-12-14(29)11-27-6-8-32-9-7-27)3-2-15-18(19)25-22(28-5-4-24-20(15)28)26-21(30)17-10-23-13-34-17/h2-3,10,13-14,29H,4-9,11-12H2,1H3,(H,25,26,30)/t14-/m1/s1. The Bertz CT molecular complexity index is 1100. The van der Waals surface area contributed by atoms with Crippen LogP contribution in [-0.2, 0) is 4.74 Å². The fourth-order valence-electron chi connectivity index (χ4n) is 4.11. The molecule has 0 bridgehead atoms. The molecule has 0 unspecified atom stereocenters. The van der Waals surface area contributed by atoms with Gasteiger partial charge in [-0.2, -0.15) is 0 Å². The lowest BCUT2D eigenvalue weighted by atomic mass is 10.1. The Kier molecular flexibility index (Phi) is 6.72. The van der Waals surface area contributed by atoms with E-state index in [4.69, 9.17) is 19.2 Å². The number of benzene rings is 1. The summed E-state index contributed by atoms with van der Waals surface area (Å²) in [6.07, 6.45) is 0.858. The van der Waals surface area contributed by atoms with Crippen LogP contribution in [0.5, 0.6) is 11.5 Å². The van der Waals surface area contributed by atoms with Crippen LogP contribution in [-0.4, -0.2) is 103 Å². The molecule has 1 saturated heterocycles. The van der Waals surface area contributed by atoms with Gasteiger partial charge in [0.2, 0.25) is 5.96 Å². The third-order valence-electron chi connectivity index (χ3n) is 5.74. The highest BCUT2D eigenvalue weighted by Crippen LogP contribution is 2.43. The number of nitrogens with one attached hydrogen (secondary N) is 1. The number of thiazole rings is 1. The molecule has 11 nitrogen and oxygen atoms in total. The number of amidine groups is 1. The molecule has 1 amide bonds. The lowest BCUT2D eigenvalue weighted by Gasteiger charge is -2.29. The molecule has 5 rings (SSSR count). The zero-order valence-corrected chi connectivity index (χ0v) is 19.6. The van der Waals surface area contributed by atoms with E-state index in [0.717, 1.165) is 24.5 Å². The summed E-state index contributed by atoms with van der Waals surface area (Å²) < 4.78 is 17.0. The van der Waals surface area contributed by atoms with Crippen molar-refractivity contribution in [3.8, 4) is 11.5 Å². The molecule has 12 heteroatoms. The van der Waals surface area contributed by atoms with Gasteiger partial charge in [0.05, 0.1) is 38.6 Å². The number of carbonyl (C=O) groups excluding carboxylic acids is 1. The van der Waals surface area contributed by atoms with E-state index < -0.39 is 6.10 Å². The second-order valence-electron chi connectivity index (χ2n) is 7.98. The highest BCUT2D eigenvalue weighted by atomic mass is 32.1. The van der Waals surface area contributed by atoms with Gasteiger partial charge < -0.3 is 19.3 Å². The van der Waals surface area contributed by atoms with Crippen molar-refractivity contribution in [3.63, 3.8) is 0 Å². The van der Waals surface area contributed by atoms with Gasteiger partial charge in [-0.05, 0) is 12.1 Å². The molecule has 0 radical (unpaired) electrons. The van der Waals surface area contributed by atoms with Crippen molar-refractivity contribution in [1.29, 1.82) is 0 Å². The fraction of sp³-hybridized carbons (Fsp3) is 0.455. The van der Waals surface area contributed by atoms with Gasteiger partial charge in [0.15, 0.2) is 11.5 Å². The normalized spacial score (nSPS) is 18.5. The summed E-state index contributed by atoms with van der Waals surface area (Å²) >= 11 is 1.26. The Labute approximate surface area is 200 Å². The molecule has 1 aromatic carbocycles. The van der Waals surface area contributed by atoms with E-state index in [0.29, 0.717) is 60.9 Å². The molecule has 0 saturated carbocycles. The van der Waals surface area contributed by atoms with Gasteiger partial charge in [-0.1, -0.05) is 0 Å². The maximum Gasteiger partial charge on any atom is 0.269 e. The number of rotatable bonds is 7. The maximum atomic E-state index is 12.7. The van der Waals surface area contributed by atoms with Gasteiger partial charge in [-0.25, -0.2) is 4.99 Å². The molecule has 3 aliphatic rings. The quantitative estimate of drug-likeness (QED) is 0.587. The van der Waals surface area contributed by atoms with E-state index >= 15 is 0 Å². The molecular weight excluding hydrogens is 460 g/mol. The number of guanidine groups is 1. The second-order valence-corrected chi connectivity index (χ2v) is 8.87. The van der Waals surface area contributed by atoms with Crippen molar-refractivity contribution in [2.45, 2.75) is 6.10 Å². The van der Waals surface area contributed by atoms with Crippen molar-refractivity contribution in [1.82, 2.24) is 20.1 Å². The van der Waals surface area contributed by atoms with Crippen molar-refractivity contribution < 1.29 is 24.1 Å². The molecule has 2 aromatic rings. The van der Waals surface area contributed by atoms with E-state index in [2.05, 4.69) is 20.2 Å². The Morgan fingerprint density at radius 3 is 2.94 bits per heavy atom. The average Bonchev–Trinajstić information content (AvgIpc) is 3.56. The van der Waals surface area contributed by atoms with Crippen molar-refractivity contribution in [2.75, 3.05) is 59.7 Å². The van der Waals surface area contributed by atoms with Crippen LogP contribution >= 0.6 is 11.3 Å².